The Balaban J connectivity index is 2.55. The lowest BCUT2D eigenvalue weighted by Crippen LogP contribution is -1.91. The molecular weight excluding hydrogens is 304 g/mol. The number of rotatable bonds is 1. The van der Waals surface area contributed by atoms with E-state index in [0.717, 1.165) is 9.26 Å². The molecule has 76 valence electrons. The topological polar surface area (TPSA) is 12.9 Å². The maximum absolute atomic E-state index is 13.5. The molecule has 0 radical (unpaired) electrons. The summed E-state index contributed by atoms with van der Waals surface area (Å²) in [5.41, 5.74) is 2.17. The molecule has 2 rings (SSSR count). The molecule has 1 aromatic heterocycles. The highest BCUT2D eigenvalue weighted by atomic mass is 127. The van der Waals surface area contributed by atoms with Gasteiger partial charge >= 0.3 is 0 Å². The summed E-state index contributed by atoms with van der Waals surface area (Å²) in [5, 5.41) is 0. The molecule has 0 N–H and O–H groups in total. The Bertz CT molecular complexity index is 497. The fraction of sp³-hybridized carbons (Fsp3) is 0.0833. The van der Waals surface area contributed by atoms with Gasteiger partial charge in [0.25, 0.3) is 0 Å². The highest BCUT2D eigenvalue weighted by Crippen LogP contribution is 2.22. The van der Waals surface area contributed by atoms with Gasteiger partial charge in [0, 0.05) is 9.13 Å². The third-order valence-electron chi connectivity index (χ3n) is 2.17. The van der Waals surface area contributed by atoms with Gasteiger partial charge in [-0.1, -0.05) is 12.1 Å². The summed E-state index contributed by atoms with van der Waals surface area (Å²) in [6.07, 6.45) is 0. The lowest BCUT2D eigenvalue weighted by atomic mass is 10.1. The lowest BCUT2D eigenvalue weighted by Gasteiger charge is -2.04. The van der Waals surface area contributed by atoms with E-state index in [2.05, 4.69) is 27.6 Å². The van der Waals surface area contributed by atoms with Crippen molar-refractivity contribution in [3.05, 3.63) is 51.5 Å². The third kappa shape index (κ3) is 2.17. The molecule has 0 unspecified atom stereocenters. The van der Waals surface area contributed by atoms with Crippen molar-refractivity contribution in [2.24, 2.45) is 0 Å². The Labute approximate surface area is 102 Å². The van der Waals surface area contributed by atoms with E-state index >= 15 is 0 Å². The van der Waals surface area contributed by atoms with Crippen molar-refractivity contribution in [3.63, 3.8) is 0 Å². The molecule has 0 atom stereocenters. The second-order valence-corrected chi connectivity index (χ2v) is 4.41. The fourth-order valence-corrected chi connectivity index (χ4v) is 1.66. The predicted molar refractivity (Wildman–Crippen MR) is 67.1 cm³/mol. The zero-order valence-corrected chi connectivity index (χ0v) is 10.3. The first-order valence-electron chi connectivity index (χ1n) is 4.56. The summed E-state index contributed by atoms with van der Waals surface area (Å²) < 4.78 is 14.6. The minimum Gasteiger partial charge on any atom is -0.252 e. The molecule has 1 nitrogen and oxygen atoms in total. The van der Waals surface area contributed by atoms with Gasteiger partial charge in [0.05, 0.1) is 11.4 Å². The largest absolute Gasteiger partial charge is 0.252 e. The van der Waals surface area contributed by atoms with E-state index in [9.17, 15) is 4.39 Å². The smallest absolute Gasteiger partial charge is 0.132 e. The normalized spacial score (nSPS) is 10.3. The van der Waals surface area contributed by atoms with Crippen molar-refractivity contribution < 1.29 is 4.39 Å². The van der Waals surface area contributed by atoms with Gasteiger partial charge in [0.1, 0.15) is 5.82 Å². The molecule has 0 bridgehead atoms. The summed E-state index contributed by atoms with van der Waals surface area (Å²) in [7, 11) is 0. The Morgan fingerprint density at radius 1 is 1.13 bits per heavy atom. The minimum absolute atomic E-state index is 0.231. The van der Waals surface area contributed by atoms with Gasteiger partial charge in [0.15, 0.2) is 0 Å². The molecule has 1 heterocycles. The van der Waals surface area contributed by atoms with Crippen LogP contribution in [0.25, 0.3) is 11.3 Å². The molecule has 0 saturated heterocycles. The number of hydrogen-bond acceptors (Lipinski definition) is 1. The van der Waals surface area contributed by atoms with Gasteiger partial charge < -0.3 is 0 Å². The van der Waals surface area contributed by atoms with Crippen LogP contribution >= 0.6 is 22.6 Å². The Kier molecular flexibility index (Phi) is 3.00. The van der Waals surface area contributed by atoms with Crippen LogP contribution in [0.4, 0.5) is 4.39 Å². The molecule has 0 saturated carbocycles. The average Bonchev–Trinajstić information content (AvgIpc) is 2.23. The van der Waals surface area contributed by atoms with E-state index in [1.807, 2.05) is 25.1 Å². The highest BCUT2D eigenvalue weighted by Gasteiger charge is 2.06. The summed E-state index contributed by atoms with van der Waals surface area (Å²) >= 11 is 2.21. The van der Waals surface area contributed by atoms with Crippen molar-refractivity contribution in [2.45, 2.75) is 6.92 Å². The van der Waals surface area contributed by atoms with Gasteiger partial charge in [-0.3, -0.25) is 4.98 Å². The van der Waals surface area contributed by atoms with E-state index in [0.29, 0.717) is 11.3 Å². The summed E-state index contributed by atoms with van der Waals surface area (Å²) in [6.45, 7) is 1.92. The first-order valence-corrected chi connectivity index (χ1v) is 5.64. The molecule has 0 aliphatic rings. The van der Waals surface area contributed by atoms with Crippen LogP contribution in [0.2, 0.25) is 0 Å². The number of aryl methyl sites for hydroxylation is 1. The van der Waals surface area contributed by atoms with E-state index in [1.54, 1.807) is 12.1 Å². The van der Waals surface area contributed by atoms with Crippen LogP contribution in [0.1, 0.15) is 5.69 Å². The average molecular weight is 313 g/mol. The predicted octanol–water partition coefficient (Wildman–Crippen LogP) is 3.80. The quantitative estimate of drug-likeness (QED) is 0.730. The van der Waals surface area contributed by atoms with Crippen molar-refractivity contribution >= 4 is 22.6 Å². The van der Waals surface area contributed by atoms with E-state index in [4.69, 9.17) is 0 Å². The summed E-state index contributed by atoms with van der Waals surface area (Å²) in [5.74, 6) is -0.231. The first-order chi connectivity index (χ1) is 7.18. The molecular formula is C12H9FIN. The molecule has 0 aliphatic heterocycles. The number of benzene rings is 1. The van der Waals surface area contributed by atoms with E-state index in [1.165, 1.54) is 6.07 Å². The number of halogens is 2. The van der Waals surface area contributed by atoms with E-state index in [-0.39, 0.29) is 5.82 Å². The summed E-state index contributed by atoms with van der Waals surface area (Å²) in [6, 6.07) is 10.5. The maximum Gasteiger partial charge on any atom is 0.132 e. The monoisotopic (exact) mass is 313 g/mol. The Hall–Kier alpha value is -0.970. The van der Waals surface area contributed by atoms with Gasteiger partial charge in [-0.05, 0) is 53.8 Å². The highest BCUT2D eigenvalue weighted by molar-refractivity contribution is 14.1. The minimum atomic E-state index is -0.231. The third-order valence-corrected chi connectivity index (χ3v) is 3.31. The molecule has 0 aliphatic carbocycles. The van der Waals surface area contributed by atoms with Gasteiger partial charge in [-0.2, -0.15) is 0 Å². The zero-order valence-electron chi connectivity index (χ0n) is 8.17. The second-order valence-electron chi connectivity index (χ2n) is 3.24. The van der Waals surface area contributed by atoms with Crippen molar-refractivity contribution in [1.29, 1.82) is 0 Å². The van der Waals surface area contributed by atoms with Crippen LogP contribution in [-0.4, -0.2) is 4.98 Å². The Morgan fingerprint density at radius 2 is 1.87 bits per heavy atom. The van der Waals surface area contributed by atoms with Crippen molar-refractivity contribution in [3.8, 4) is 11.3 Å². The Morgan fingerprint density at radius 3 is 2.53 bits per heavy atom. The van der Waals surface area contributed by atoms with Gasteiger partial charge in [-0.15, -0.1) is 0 Å². The van der Waals surface area contributed by atoms with Gasteiger partial charge in [0.2, 0.25) is 0 Å². The summed E-state index contributed by atoms with van der Waals surface area (Å²) in [4.78, 5) is 4.36. The number of nitrogens with zero attached hydrogens (tertiary/aromatic N) is 1. The SMILES string of the molecule is Cc1nc(-c2ccccc2F)ccc1I. The van der Waals surface area contributed by atoms with Crippen LogP contribution in [0, 0.1) is 16.3 Å². The second kappa shape index (κ2) is 4.26. The molecule has 0 amide bonds. The standard InChI is InChI=1S/C12H9FIN/c1-8-11(14)6-7-12(15-8)9-4-2-3-5-10(9)13/h2-7H,1H3. The fourth-order valence-electron chi connectivity index (χ4n) is 1.36. The van der Waals surface area contributed by atoms with Gasteiger partial charge in [-0.25, -0.2) is 4.39 Å². The molecule has 3 heteroatoms. The first kappa shape index (κ1) is 10.5. The molecule has 2 aromatic rings. The zero-order chi connectivity index (χ0) is 10.8. The maximum atomic E-state index is 13.5. The molecule has 0 fully saturated rings. The van der Waals surface area contributed by atoms with Crippen LogP contribution in [-0.2, 0) is 0 Å². The molecule has 15 heavy (non-hydrogen) atoms. The molecule has 1 aromatic carbocycles. The molecule has 0 spiro atoms. The van der Waals surface area contributed by atoms with Crippen molar-refractivity contribution in [1.82, 2.24) is 4.98 Å². The number of aromatic nitrogens is 1. The van der Waals surface area contributed by atoms with Crippen LogP contribution in [0.3, 0.4) is 0 Å². The van der Waals surface area contributed by atoms with Crippen LogP contribution < -0.4 is 0 Å². The van der Waals surface area contributed by atoms with Crippen LogP contribution in [0.15, 0.2) is 36.4 Å². The van der Waals surface area contributed by atoms with Crippen molar-refractivity contribution in [2.75, 3.05) is 0 Å². The number of hydrogen-bond donors (Lipinski definition) is 0. The lowest BCUT2D eigenvalue weighted by molar-refractivity contribution is 0.630. The van der Waals surface area contributed by atoms with Crippen LogP contribution in [0.5, 0.6) is 0 Å². The van der Waals surface area contributed by atoms with E-state index < -0.39 is 0 Å². The number of pyridine rings is 1.